The van der Waals surface area contributed by atoms with Gasteiger partial charge in [-0.05, 0) is 51.1 Å². The first-order chi connectivity index (χ1) is 16.3. The minimum atomic E-state index is -0.187. The molecular formula is C27H29N2O6Tb. The zero-order valence-electron chi connectivity index (χ0n) is 21.0. The predicted octanol–water partition coefficient (Wildman–Crippen LogP) is 2.30. The standard InChI is InChI=1S/C12H8N2.3C5H8O2.Tb/c1-3-9-5-6-10-4-2-8-14-12(10)11(9)13-7-1;3*1-4(6)3-5(2)7;/h1-8H;3*3,6H,1-2H3;/q;;;;+3/p-3. The molecular weight excluding hydrogens is 607 g/mol. The molecule has 3 rings (SSSR count). The summed E-state index contributed by atoms with van der Waals surface area (Å²) in [6.07, 6.45) is 6.77. The number of fused-ring (bicyclic) bond motifs is 3. The normalized spacial score (nSPS) is 10.9. The van der Waals surface area contributed by atoms with Gasteiger partial charge in [-0.2, -0.15) is 0 Å². The fraction of sp³-hybridized carbons (Fsp3) is 0.222. The number of hydrogen-bond donors (Lipinski definition) is 0. The molecule has 9 heteroatoms. The van der Waals surface area contributed by atoms with Crippen molar-refractivity contribution in [2.45, 2.75) is 41.5 Å². The number of aromatic nitrogens is 2. The molecule has 0 aliphatic carbocycles. The molecule has 2 aromatic heterocycles. The van der Waals surface area contributed by atoms with Gasteiger partial charge in [-0.25, -0.2) is 0 Å². The Bertz CT molecular complexity index is 1120. The van der Waals surface area contributed by atoms with E-state index in [0.717, 1.165) is 40.0 Å². The van der Waals surface area contributed by atoms with E-state index in [-0.39, 0.29) is 73.2 Å². The maximum atomic E-state index is 9.98. The van der Waals surface area contributed by atoms with E-state index in [2.05, 4.69) is 34.2 Å². The number of ketones is 3. The van der Waals surface area contributed by atoms with Crippen LogP contribution in [0.15, 0.2) is 84.3 Å². The summed E-state index contributed by atoms with van der Waals surface area (Å²) < 4.78 is 0. The van der Waals surface area contributed by atoms with Gasteiger partial charge in [-0.1, -0.05) is 45.0 Å². The SMILES string of the molecule is CC(=O)C=C(C)[O-].CC(=O)C=C(C)[O-].CC(=O)C=C(C)[O-].[Tb+3].c1cnc2c(c1)ccc1cccnc12. The van der Waals surface area contributed by atoms with Gasteiger partial charge in [0.1, 0.15) is 0 Å². The first-order valence-corrected chi connectivity index (χ1v) is 10.5. The molecule has 0 N–H and O–H groups in total. The molecule has 192 valence electrons. The third-order valence-electron chi connectivity index (χ3n) is 3.56. The van der Waals surface area contributed by atoms with E-state index in [1.54, 1.807) is 12.4 Å². The number of hydrogen-bond acceptors (Lipinski definition) is 8. The number of carbonyl (C=O) groups is 3. The quantitative estimate of drug-likeness (QED) is 0.242. The Hall–Kier alpha value is -3.04. The number of pyridine rings is 2. The van der Waals surface area contributed by atoms with Gasteiger partial charge in [0, 0.05) is 23.2 Å². The molecule has 36 heavy (non-hydrogen) atoms. The average molecular weight is 636 g/mol. The molecule has 0 spiro atoms. The molecule has 0 amide bonds. The first kappa shape index (κ1) is 35.1. The molecule has 1 aromatic carbocycles. The molecule has 0 aliphatic heterocycles. The van der Waals surface area contributed by atoms with Crippen LogP contribution >= 0.6 is 0 Å². The van der Waals surface area contributed by atoms with Crippen molar-refractivity contribution < 1.29 is 68.3 Å². The summed E-state index contributed by atoms with van der Waals surface area (Å²) in [7, 11) is 0. The zero-order chi connectivity index (χ0) is 27.0. The Morgan fingerprint density at radius 1 is 0.583 bits per heavy atom. The summed E-state index contributed by atoms with van der Waals surface area (Å²) in [5.74, 6) is -1.12. The number of nitrogens with zero attached hydrogens (tertiary/aromatic N) is 2. The van der Waals surface area contributed by atoms with Gasteiger partial charge in [0.2, 0.25) is 0 Å². The smallest absolute Gasteiger partial charge is 0.876 e. The predicted molar refractivity (Wildman–Crippen MR) is 130 cm³/mol. The van der Waals surface area contributed by atoms with Gasteiger partial charge < -0.3 is 15.3 Å². The van der Waals surface area contributed by atoms with Crippen LogP contribution in [0, 0.1) is 38.6 Å². The summed E-state index contributed by atoms with van der Waals surface area (Å²) in [6.45, 7) is 8.09. The van der Waals surface area contributed by atoms with Gasteiger partial charge in [-0.3, -0.25) is 24.4 Å². The third kappa shape index (κ3) is 17.4. The van der Waals surface area contributed by atoms with E-state index in [9.17, 15) is 29.7 Å². The van der Waals surface area contributed by atoms with Crippen LogP contribution in [-0.2, 0) is 14.4 Å². The fourth-order valence-corrected chi connectivity index (χ4v) is 2.54. The molecule has 0 saturated heterocycles. The van der Waals surface area contributed by atoms with Crippen LogP contribution in [0.5, 0.6) is 0 Å². The molecule has 0 saturated carbocycles. The Morgan fingerprint density at radius 3 is 1.06 bits per heavy atom. The van der Waals surface area contributed by atoms with Gasteiger partial charge in [0.15, 0.2) is 17.3 Å². The van der Waals surface area contributed by atoms with Crippen molar-refractivity contribution in [1.29, 1.82) is 0 Å². The second kappa shape index (κ2) is 19.2. The molecule has 0 atom stereocenters. The van der Waals surface area contributed by atoms with Crippen LogP contribution in [0.25, 0.3) is 21.8 Å². The summed E-state index contributed by atoms with van der Waals surface area (Å²) in [4.78, 5) is 38.6. The molecule has 8 nitrogen and oxygen atoms in total. The minimum absolute atomic E-state index is 0. The fourth-order valence-electron chi connectivity index (χ4n) is 2.54. The zero-order valence-corrected chi connectivity index (χ0v) is 23.2. The van der Waals surface area contributed by atoms with Crippen LogP contribution < -0.4 is 15.3 Å². The summed E-state index contributed by atoms with van der Waals surface area (Å²) in [5, 5.41) is 32.2. The largest absolute Gasteiger partial charge is 3.00 e. The number of allylic oxidation sites excluding steroid dienone is 6. The van der Waals surface area contributed by atoms with Crippen LogP contribution in [0.1, 0.15) is 41.5 Å². The van der Waals surface area contributed by atoms with Crippen molar-refractivity contribution in [3.63, 3.8) is 0 Å². The molecule has 0 radical (unpaired) electrons. The van der Waals surface area contributed by atoms with Crippen molar-refractivity contribution in [2.24, 2.45) is 0 Å². The van der Waals surface area contributed by atoms with Crippen LogP contribution in [0.2, 0.25) is 0 Å². The molecule has 2 heterocycles. The third-order valence-corrected chi connectivity index (χ3v) is 3.56. The first-order valence-electron chi connectivity index (χ1n) is 10.5. The van der Waals surface area contributed by atoms with E-state index in [1.807, 2.05) is 12.1 Å². The second-order valence-electron chi connectivity index (χ2n) is 7.31. The van der Waals surface area contributed by atoms with Crippen molar-refractivity contribution in [3.05, 3.63) is 84.3 Å². The molecule has 0 unspecified atom stereocenters. The van der Waals surface area contributed by atoms with E-state index in [1.165, 1.54) is 41.5 Å². The number of carbonyl (C=O) groups excluding carboxylic acids is 3. The molecule has 0 bridgehead atoms. The maximum Gasteiger partial charge on any atom is 3.00 e. The molecule has 0 aliphatic rings. The number of benzene rings is 1. The van der Waals surface area contributed by atoms with E-state index >= 15 is 0 Å². The Labute approximate surface area is 241 Å². The summed E-state index contributed by atoms with van der Waals surface area (Å²) in [5.41, 5.74) is 1.95. The summed E-state index contributed by atoms with van der Waals surface area (Å²) >= 11 is 0. The Morgan fingerprint density at radius 2 is 0.861 bits per heavy atom. The molecule has 0 fully saturated rings. The van der Waals surface area contributed by atoms with Gasteiger partial charge in [0.25, 0.3) is 0 Å². The number of rotatable bonds is 3. The van der Waals surface area contributed by atoms with Crippen LogP contribution in [0.3, 0.4) is 0 Å². The van der Waals surface area contributed by atoms with E-state index in [4.69, 9.17) is 0 Å². The van der Waals surface area contributed by atoms with E-state index in [0.29, 0.717) is 0 Å². The average Bonchev–Trinajstić information content (AvgIpc) is 2.72. The minimum Gasteiger partial charge on any atom is -0.876 e. The van der Waals surface area contributed by atoms with Crippen LogP contribution in [-0.4, -0.2) is 27.3 Å². The van der Waals surface area contributed by atoms with Crippen LogP contribution in [0.4, 0.5) is 0 Å². The second-order valence-corrected chi connectivity index (χ2v) is 7.31. The topological polar surface area (TPSA) is 146 Å². The molecule has 3 aromatic rings. The van der Waals surface area contributed by atoms with Gasteiger partial charge >= 0.3 is 38.6 Å². The Balaban J connectivity index is 0. The van der Waals surface area contributed by atoms with Crippen molar-refractivity contribution in [2.75, 3.05) is 0 Å². The van der Waals surface area contributed by atoms with Gasteiger partial charge in [-0.15, -0.1) is 17.3 Å². The maximum absolute atomic E-state index is 9.98. The van der Waals surface area contributed by atoms with Crippen molar-refractivity contribution in [1.82, 2.24) is 9.97 Å². The Kier molecular flexibility index (Phi) is 18.7. The van der Waals surface area contributed by atoms with E-state index < -0.39 is 0 Å². The monoisotopic (exact) mass is 636 g/mol. The van der Waals surface area contributed by atoms with Gasteiger partial charge in [0.05, 0.1) is 11.0 Å². The summed E-state index contributed by atoms with van der Waals surface area (Å²) in [6, 6.07) is 12.1. The van der Waals surface area contributed by atoms with Crippen molar-refractivity contribution >= 4 is 39.2 Å². The van der Waals surface area contributed by atoms with Crippen molar-refractivity contribution in [3.8, 4) is 0 Å².